The molecular formula is C24H30FN3OS. The Kier molecular flexibility index (Phi) is 8.22. The first kappa shape index (κ1) is 22.2. The molecule has 0 saturated heterocycles. The number of halogens is 1. The molecule has 0 bridgehead atoms. The second-order valence-electron chi connectivity index (χ2n) is 7.58. The number of hydrogen-bond donors (Lipinski definition) is 1. The van der Waals surface area contributed by atoms with Crippen LogP contribution in [-0.4, -0.2) is 43.3 Å². The van der Waals surface area contributed by atoms with E-state index in [1.54, 1.807) is 12.1 Å². The highest BCUT2D eigenvalue weighted by Gasteiger charge is 2.22. The third kappa shape index (κ3) is 6.28. The molecule has 2 aromatic carbocycles. The maximum Gasteiger partial charge on any atom is 0.173 e. The van der Waals surface area contributed by atoms with Gasteiger partial charge in [0.25, 0.3) is 0 Å². The Morgan fingerprint density at radius 3 is 2.83 bits per heavy atom. The van der Waals surface area contributed by atoms with E-state index < -0.39 is 0 Å². The van der Waals surface area contributed by atoms with Gasteiger partial charge in [0.15, 0.2) is 5.11 Å². The molecular weight excluding hydrogens is 397 g/mol. The Labute approximate surface area is 184 Å². The van der Waals surface area contributed by atoms with Crippen LogP contribution in [0.25, 0.3) is 0 Å². The molecule has 0 aromatic heterocycles. The highest BCUT2D eigenvalue weighted by Crippen LogP contribution is 2.31. The lowest BCUT2D eigenvalue weighted by molar-refractivity contribution is 0.287. The Bertz CT molecular complexity index is 856. The van der Waals surface area contributed by atoms with Gasteiger partial charge in [-0.25, -0.2) is 4.39 Å². The smallest absolute Gasteiger partial charge is 0.173 e. The number of unbranched alkanes of at least 4 members (excludes halogenated alkanes) is 1. The summed E-state index contributed by atoms with van der Waals surface area (Å²) in [4.78, 5) is 4.37. The molecule has 1 aliphatic heterocycles. The van der Waals surface area contributed by atoms with Crippen molar-refractivity contribution in [1.82, 2.24) is 10.2 Å². The zero-order valence-electron chi connectivity index (χ0n) is 17.6. The van der Waals surface area contributed by atoms with Gasteiger partial charge in [0.2, 0.25) is 0 Å². The van der Waals surface area contributed by atoms with Crippen molar-refractivity contribution in [2.45, 2.75) is 25.8 Å². The summed E-state index contributed by atoms with van der Waals surface area (Å²) in [6.45, 7) is 7.89. The first-order valence-electron chi connectivity index (χ1n) is 10.4. The third-order valence-corrected chi connectivity index (χ3v) is 5.56. The number of anilines is 1. The Morgan fingerprint density at radius 2 is 2.07 bits per heavy atom. The van der Waals surface area contributed by atoms with Crippen molar-refractivity contribution < 1.29 is 9.13 Å². The fourth-order valence-corrected chi connectivity index (χ4v) is 3.80. The Morgan fingerprint density at radius 1 is 1.27 bits per heavy atom. The lowest BCUT2D eigenvalue weighted by Crippen LogP contribution is -2.38. The standard InChI is InChI=1S/C24H30FN3OS/c1-3-13-27(2)14-4-5-16-29-22-10-11-23-20(17-22)12-15-28(23)24(30)26-18-19-6-8-21(25)9-7-19/h3,6-11,17H,1,4-5,12-16,18H2,2H3,(H,26,30). The summed E-state index contributed by atoms with van der Waals surface area (Å²) in [7, 11) is 2.10. The highest BCUT2D eigenvalue weighted by molar-refractivity contribution is 7.80. The third-order valence-electron chi connectivity index (χ3n) is 5.19. The number of rotatable bonds is 10. The summed E-state index contributed by atoms with van der Waals surface area (Å²) in [6, 6.07) is 12.7. The number of hydrogen-bond acceptors (Lipinski definition) is 3. The van der Waals surface area contributed by atoms with E-state index in [1.807, 2.05) is 12.1 Å². The predicted octanol–water partition coefficient (Wildman–Crippen LogP) is 4.54. The quantitative estimate of drug-likeness (QED) is 0.341. The van der Waals surface area contributed by atoms with Gasteiger partial charge in [0.1, 0.15) is 11.6 Å². The van der Waals surface area contributed by atoms with Gasteiger partial charge in [0.05, 0.1) is 6.61 Å². The van der Waals surface area contributed by atoms with Crippen LogP contribution in [0, 0.1) is 5.82 Å². The molecule has 160 valence electrons. The molecule has 3 rings (SSSR count). The lowest BCUT2D eigenvalue weighted by atomic mass is 10.1. The Hall–Kier alpha value is -2.44. The van der Waals surface area contributed by atoms with Gasteiger partial charge >= 0.3 is 0 Å². The van der Waals surface area contributed by atoms with Crippen LogP contribution in [0.3, 0.4) is 0 Å². The Balaban J connectivity index is 1.46. The largest absolute Gasteiger partial charge is 0.494 e. The fraction of sp³-hybridized carbons (Fsp3) is 0.375. The van der Waals surface area contributed by atoms with Crippen LogP contribution in [-0.2, 0) is 13.0 Å². The van der Waals surface area contributed by atoms with Gasteiger partial charge in [-0.1, -0.05) is 18.2 Å². The van der Waals surface area contributed by atoms with Crippen LogP contribution in [0.4, 0.5) is 10.1 Å². The molecule has 1 N–H and O–H groups in total. The molecule has 6 heteroatoms. The molecule has 0 radical (unpaired) electrons. The monoisotopic (exact) mass is 427 g/mol. The molecule has 0 amide bonds. The molecule has 0 saturated carbocycles. The second kappa shape index (κ2) is 11.1. The van der Waals surface area contributed by atoms with Gasteiger partial charge in [-0.2, -0.15) is 0 Å². The number of fused-ring (bicyclic) bond motifs is 1. The van der Waals surface area contributed by atoms with Gasteiger partial charge in [-0.15, -0.1) is 6.58 Å². The SMILES string of the molecule is C=CCN(C)CCCCOc1ccc2c(c1)CCN2C(=S)NCc1ccc(F)cc1. The predicted molar refractivity (Wildman–Crippen MR) is 126 cm³/mol. The number of nitrogens with zero attached hydrogens (tertiary/aromatic N) is 2. The summed E-state index contributed by atoms with van der Waals surface area (Å²) >= 11 is 5.59. The highest BCUT2D eigenvalue weighted by atomic mass is 32.1. The maximum absolute atomic E-state index is 13.0. The minimum absolute atomic E-state index is 0.229. The second-order valence-corrected chi connectivity index (χ2v) is 7.97. The normalized spacial score (nSPS) is 12.7. The van der Waals surface area contributed by atoms with E-state index in [1.165, 1.54) is 17.7 Å². The van der Waals surface area contributed by atoms with Gasteiger partial charge in [-0.3, -0.25) is 0 Å². The summed E-state index contributed by atoms with van der Waals surface area (Å²) in [5, 5.41) is 3.97. The average Bonchev–Trinajstić information content (AvgIpc) is 3.16. The van der Waals surface area contributed by atoms with E-state index in [2.05, 4.69) is 40.9 Å². The first-order chi connectivity index (χ1) is 14.6. The van der Waals surface area contributed by atoms with Gasteiger partial charge < -0.3 is 19.9 Å². The molecule has 4 nitrogen and oxygen atoms in total. The maximum atomic E-state index is 13.0. The van der Waals surface area contributed by atoms with Gasteiger partial charge in [-0.05, 0) is 86.5 Å². The van der Waals surface area contributed by atoms with Crippen molar-refractivity contribution in [2.75, 3.05) is 38.2 Å². The van der Waals surface area contributed by atoms with E-state index in [9.17, 15) is 4.39 Å². The van der Waals surface area contributed by atoms with Crippen molar-refractivity contribution in [3.05, 3.63) is 72.1 Å². The molecule has 0 spiro atoms. The fourth-order valence-electron chi connectivity index (χ4n) is 3.54. The number of likely N-dealkylation sites (N-methyl/N-ethyl adjacent to an activating group) is 1. The summed E-state index contributed by atoms with van der Waals surface area (Å²) in [5.41, 5.74) is 3.38. The summed E-state index contributed by atoms with van der Waals surface area (Å²) in [6.07, 6.45) is 5.00. The number of nitrogens with one attached hydrogen (secondary N) is 1. The summed E-state index contributed by atoms with van der Waals surface area (Å²) in [5.74, 6) is 0.688. The van der Waals surface area contributed by atoms with Crippen LogP contribution in [0.1, 0.15) is 24.0 Å². The molecule has 0 fully saturated rings. The summed E-state index contributed by atoms with van der Waals surface area (Å²) < 4.78 is 19.0. The van der Waals surface area contributed by atoms with Crippen LogP contribution in [0.15, 0.2) is 55.1 Å². The minimum atomic E-state index is -0.229. The van der Waals surface area contributed by atoms with E-state index in [0.29, 0.717) is 11.7 Å². The average molecular weight is 428 g/mol. The van der Waals surface area contributed by atoms with E-state index in [0.717, 1.165) is 62.5 Å². The van der Waals surface area contributed by atoms with Crippen molar-refractivity contribution in [1.29, 1.82) is 0 Å². The molecule has 1 heterocycles. The molecule has 0 aliphatic carbocycles. The van der Waals surface area contributed by atoms with Crippen molar-refractivity contribution >= 4 is 23.0 Å². The minimum Gasteiger partial charge on any atom is -0.494 e. The van der Waals surface area contributed by atoms with Crippen molar-refractivity contribution in [3.8, 4) is 5.75 Å². The molecule has 30 heavy (non-hydrogen) atoms. The molecule has 2 aromatic rings. The van der Waals surface area contributed by atoms with E-state index in [4.69, 9.17) is 17.0 Å². The van der Waals surface area contributed by atoms with Crippen LogP contribution >= 0.6 is 12.2 Å². The number of ether oxygens (including phenoxy) is 1. The van der Waals surface area contributed by atoms with E-state index in [-0.39, 0.29) is 5.82 Å². The van der Waals surface area contributed by atoms with E-state index >= 15 is 0 Å². The topological polar surface area (TPSA) is 27.7 Å². The molecule has 1 aliphatic rings. The van der Waals surface area contributed by atoms with Crippen molar-refractivity contribution in [3.63, 3.8) is 0 Å². The van der Waals surface area contributed by atoms with Crippen LogP contribution in [0.5, 0.6) is 5.75 Å². The molecule has 0 unspecified atom stereocenters. The number of thiocarbonyl (C=S) groups is 1. The zero-order valence-corrected chi connectivity index (χ0v) is 18.4. The van der Waals surface area contributed by atoms with Crippen LogP contribution in [0.2, 0.25) is 0 Å². The number of benzene rings is 2. The first-order valence-corrected chi connectivity index (χ1v) is 10.8. The lowest BCUT2D eigenvalue weighted by Gasteiger charge is -2.21. The van der Waals surface area contributed by atoms with Gasteiger partial charge in [0, 0.05) is 25.3 Å². The van der Waals surface area contributed by atoms with Crippen molar-refractivity contribution in [2.24, 2.45) is 0 Å². The zero-order chi connectivity index (χ0) is 21.3. The van der Waals surface area contributed by atoms with Crippen LogP contribution < -0.4 is 15.0 Å². The molecule has 0 atom stereocenters.